The highest BCUT2D eigenvalue weighted by atomic mass is 16.5. The molecule has 1 aromatic rings. The minimum absolute atomic E-state index is 0.240. The Morgan fingerprint density at radius 3 is 2.73 bits per heavy atom. The summed E-state index contributed by atoms with van der Waals surface area (Å²) in [6, 6.07) is 0. The second-order valence-electron chi connectivity index (χ2n) is 3.72. The molecule has 0 amide bonds. The fourth-order valence-corrected chi connectivity index (χ4v) is 1.51. The van der Waals surface area contributed by atoms with Crippen molar-refractivity contribution < 1.29 is 9.53 Å². The largest absolute Gasteiger partial charge is 0.465 e. The Morgan fingerprint density at radius 2 is 2.33 bits per heavy atom. The molecular formula is C9H14N4O2. The van der Waals surface area contributed by atoms with Gasteiger partial charge < -0.3 is 10.5 Å². The number of carbonyl (C=O) groups excluding carboxylic acids is 1. The first-order valence-corrected chi connectivity index (χ1v) is 4.94. The molecule has 1 aliphatic carbocycles. The van der Waals surface area contributed by atoms with E-state index in [1.807, 2.05) is 0 Å². The summed E-state index contributed by atoms with van der Waals surface area (Å²) < 4.78 is 6.47. The van der Waals surface area contributed by atoms with Gasteiger partial charge in [-0.05, 0) is 19.8 Å². The highest BCUT2D eigenvalue weighted by Gasteiger charge is 2.56. The fraction of sp³-hybridized carbons (Fsp3) is 0.667. The monoisotopic (exact) mass is 210 g/mol. The van der Waals surface area contributed by atoms with Crippen LogP contribution in [0.5, 0.6) is 0 Å². The Labute approximate surface area is 87.4 Å². The maximum Gasteiger partial charge on any atom is 0.319 e. The highest BCUT2D eigenvalue weighted by Crippen LogP contribution is 2.47. The second-order valence-corrected chi connectivity index (χ2v) is 3.72. The van der Waals surface area contributed by atoms with E-state index in [0.29, 0.717) is 18.4 Å². The van der Waals surface area contributed by atoms with Crippen LogP contribution in [-0.2, 0) is 22.0 Å². The van der Waals surface area contributed by atoms with Gasteiger partial charge in [-0.15, -0.1) is 0 Å². The van der Waals surface area contributed by atoms with Crippen molar-refractivity contribution in [1.82, 2.24) is 14.8 Å². The molecular weight excluding hydrogens is 196 g/mol. The van der Waals surface area contributed by atoms with Crippen LogP contribution in [0.4, 0.5) is 5.95 Å². The van der Waals surface area contributed by atoms with E-state index in [9.17, 15) is 4.79 Å². The van der Waals surface area contributed by atoms with Gasteiger partial charge in [0.1, 0.15) is 5.41 Å². The Hall–Kier alpha value is -1.59. The third-order valence-corrected chi connectivity index (χ3v) is 2.64. The van der Waals surface area contributed by atoms with E-state index < -0.39 is 5.41 Å². The number of ether oxygens (including phenoxy) is 1. The van der Waals surface area contributed by atoms with E-state index in [0.717, 1.165) is 12.8 Å². The molecule has 2 rings (SSSR count). The van der Waals surface area contributed by atoms with Crippen LogP contribution >= 0.6 is 0 Å². The maximum absolute atomic E-state index is 11.7. The smallest absolute Gasteiger partial charge is 0.319 e. The van der Waals surface area contributed by atoms with E-state index in [1.54, 1.807) is 14.0 Å². The van der Waals surface area contributed by atoms with Gasteiger partial charge in [-0.25, -0.2) is 4.68 Å². The summed E-state index contributed by atoms with van der Waals surface area (Å²) in [6.07, 6.45) is 1.49. The molecule has 0 unspecified atom stereocenters. The third-order valence-electron chi connectivity index (χ3n) is 2.64. The van der Waals surface area contributed by atoms with Crippen LogP contribution < -0.4 is 5.73 Å². The van der Waals surface area contributed by atoms with Crippen LogP contribution in [0, 0.1) is 0 Å². The number of rotatable bonds is 3. The Bertz CT molecular complexity index is 375. The predicted octanol–water partition coefficient (Wildman–Crippen LogP) is -0.00800. The molecule has 1 heterocycles. The lowest BCUT2D eigenvalue weighted by atomic mass is 10.1. The average Bonchev–Trinajstić information content (AvgIpc) is 2.92. The molecule has 0 radical (unpaired) electrons. The van der Waals surface area contributed by atoms with Crippen LogP contribution in [0.2, 0.25) is 0 Å². The van der Waals surface area contributed by atoms with Crippen LogP contribution in [0.1, 0.15) is 25.6 Å². The zero-order valence-corrected chi connectivity index (χ0v) is 8.86. The number of hydrogen-bond donors (Lipinski definition) is 1. The zero-order chi connectivity index (χ0) is 11.1. The quantitative estimate of drug-likeness (QED) is 0.709. The molecule has 1 aliphatic rings. The number of nitrogen functional groups attached to an aromatic ring is 1. The van der Waals surface area contributed by atoms with Crippen molar-refractivity contribution >= 4 is 11.9 Å². The number of nitrogens with two attached hydrogens (primary N) is 1. The summed E-state index contributed by atoms with van der Waals surface area (Å²) in [4.78, 5) is 15.8. The van der Waals surface area contributed by atoms with Crippen LogP contribution in [-0.4, -0.2) is 27.3 Å². The van der Waals surface area contributed by atoms with Crippen molar-refractivity contribution in [2.45, 2.75) is 25.2 Å². The van der Waals surface area contributed by atoms with E-state index >= 15 is 0 Å². The van der Waals surface area contributed by atoms with E-state index in [-0.39, 0.29) is 5.97 Å². The van der Waals surface area contributed by atoms with E-state index in [2.05, 4.69) is 10.1 Å². The molecule has 2 N–H and O–H groups in total. The average molecular weight is 210 g/mol. The van der Waals surface area contributed by atoms with Gasteiger partial charge in [0, 0.05) is 7.05 Å². The molecule has 1 fully saturated rings. The molecule has 0 atom stereocenters. The molecule has 82 valence electrons. The molecule has 1 aromatic heterocycles. The topological polar surface area (TPSA) is 83.0 Å². The number of aromatic nitrogens is 3. The van der Waals surface area contributed by atoms with Gasteiger partial charge in [-0.1, -0.05) is 0 Å². The summed E-state index contributed by atoms with van der Waals surface area (Å²) in [5.41, 5.74) is 4.96. The second kappa shape index (κ2) is 3.22. The lowest BCUT2D eigenvalue weighted by Gasteiger charge is -2.08. The van der Waals surface area contributed by atoms with Gasteiger partial charge in [-0.2, -0.15) is 10.1 Å². The summed E-state index contributed by atoms with van der Waals surface area (Å²) in [7, 11) is 1.70. The Balaban J connectivity index is 2.26. The number of hydrogen-bond acceptors (Lipinski definition) is 5. The van der Waals surface area contributed by atoms with Gasteiger partial charge in [0.15, 0.2) is 5.82 Å². The first-order valence-electron chi connectivity index (χ1n) is 4.94. The zero-order valence-electron chi connectivity index (χ0n) is 8.86. The molecule has 15 heavy (non-hydrogen) atoms. The van der Waals surface area contributed by atoms with Gasteiger partial charge in [0.05, 0.1) is 6.61 Å². The van der Waals surface area contributed by atoms with Crippen molar-refractivity contribution in [3.8, 4) is 0 Å². The first-order chi connectivity index (χ1) is 7.10. The van der Waals surface area contributed by atoms with E-state index in [4.69, 9.17) is 10.5 Å². The van der Waals surface area contributed by atoms with Crippen molar-refractivity contribution in [2.75, 3.05) is 12.3 Å². The Morgan fingerprint density at radius 1 is 1.67 bits per heavy atom. The van der Waals surface area contributed by atoms with Crippen LogP contribution in [0.25, 0.3) is 0 Å². The normalized spacial score (nSPS) is 17.5. The van der Waals surface area contributed by atoms with Crippen molar-refractivity contribution in [3.63, 3.8) is 0 Å². The summed E-state index contributed by atoms with van der Waals surface area (Å²) >= 11 is 0. The molecule has 0 spiro atoms. The van der Waals surface area contributed by atoms with Crippen molar-refractivity contribution in [3.05, 3.63) is 5.82 Å². The Kier molecular flexibility index (Phi) is 2.13. The summed E-state index contributed by atoms with van der Waals surface area (Å²) in [5, 5.41) is 4.13. The van der Waals surface area contributed by atoms with Crippen LogP contribution in [0.15, 0.2) is 0 Å². The van der Waals surface area contributed by atoms with Crippen molar-refractivity contribution in [1.29, 1.82) is 0 Å². The lowest BCUT2D eigenvalue weighted by molar-refractivity contribution is -0.146. The summed E-state index contributed by atoms with van der Waals surface area (Å²) in [6.45, 7) is 2.16. The molecule has 6 heteroatoms. The molecule has 0 bridgehead atoms. The lowest BCUT2D eigenvalue weighted by Crippen LogP contribution is -2.24. The number of aryl methyl sites for hydroxylation is 1. The molecule has 1 saturated carbocycles. The fourth-order valence-electron chi connectivity index (χ4n) is 1.51. The molecule has 0 aromatic carbocycles. The third kappa shape index (κ3) is 1.45. The molecule has 6 nitrogen and oxygen atoms in total. The number of nitrogens with zero attached hydrogens (tertiary/aromatic N) is 3. The van der Waals surface area contributed by atoms with Crippen LogP contribution in [0.3, 0.4) is 0 Å². The number of carbonyl (C=O) groups is 1. The van der Waals surface area contributed by atoms with Crippen molar-refractivity contribution in [2.24, 2.45) is 7.05 Å². The number of esters is 1. The highest BCUT2D eigenvalue weighted by molar-refractivity contribution is 5.85. The first kappa shape index (κ1) is 9.95. The molecule has 0 aliphatic heterocycles. The minimum atomic E-state index is -0.620. The SMILES string of the molecule is CCOC(=O)C1(c2nc(N)n(C)n2)CC1. The maximum atomic E-state index is 11.7. The summed E-state index contributed by atoms with van der Waals surface area (Å²) in [5.74, 6) is 0.567. The number of anilines is 1. The standard InChI is InChI=1S/C9H14N4O2/c1-3-15-7(14)9(4-5-9)6-11-8(10)13(2)12-6/h3-5H2,1-2H3,(H2,10,11,12). The van der Waals surface area contributed by atoms with Gasteiger partial charge in [-0.3, -0.25) is 4.79 Å². The minimum Gasteiger partial charge on any atom is -0.465 e. The van der Waals surface area contributed by atoms with Gasteiger partial charge >= 0.3 is 5.97 Å². The predicted molar refractivity (Wildman–Crippen MR) is 53.0 cm³/mol. The van der Waals surface area contributed by atoms with Gasteiger partial charge in [0.25, 0.3) is 0 Å². The molecule has 0 saturated heterocycles. The van der Waals surface area contributed by atoms with E-state index in [1.165, 1.54) is 4.68 Å². The van der Waals surface area contributed by atoms with Gasteiger partial charge in [0.2, 0.25) is 5.95 Å².